The zero-order valence-electron chi connectivity index (χ0n) is 14.1. The molecule has 1 aromatic heterocycles. The number of hydrogen-bond donors (Lipinski definition) is 0. The second-order valence-corrected chi connectivity index (χ2v) is 5.46. The molecule has 2 heterocycles. The number of ether oxygens (including phenoxy) is 1. The van der Waals surface area contributed by atoms with Crippen LogP contribution in [0, 0.1) is 12.9 Å². The number of hydrogen-bond acceptors (Lipinski definition) is 3. The summed E-state index contributed by atoms with van der Waals surface area (Å²) in [5, 5.41) is 0. The standard InChI is InChI=1S/C16H15FN2O2.C2H6/c1-10-8-9-13(18-14(10)17)19-15(20)11-6-4-5-7-12(11)21-16(19,2)3;1-2/h4-9H,1-3H3;1-2H3. The van der Waals surface area contributed by atoms with Crippen LogP contribution in [0.25, 0.3) is 0 Å². The highest BCUT2D eigenvalue weighted by Crippen LogP contribution is 2.35. The smallest absolute Gasteiger partial charge is 0.266 e. The largest absolute Gasteiger partial charge is 0.467 e. The Morgan fingerprint density at radius 2 is 1.78 bits per heavy atom. The molecule has 1 aliphatic rings. The number of benzene rings is 1. The number of para-hydroxylation sites is 1. The first kappa shape index (κ1) is 16.9. The van der Waals surface area contributed by atoms with E-state index >= 15 is 0 Å². The zero-order valence-corrected chi connectivity index (χ0v) is 14.1. The van der Waals surface area contributed by atoms with E-state index in [0.717, 1.165) is 0 Å². The van der Waals surface area contributed by atoms with Crippen LogP contribution in [0.5, 0.6) is 5.75 Å². The van der Waals surface area contributed by atoms with Crippen molar-refractivity contribution in [3.63, 3.8) is 0 Å². The molecular weight excluding hydrogens is 295 g/mol. The van der Waals surface area contributed by atoms with Gasteiger partial charge in [-0.1, -0.05) is 32.0 Å². The van der Waals surface area contributed by atoms with Crippen LogP contribution in [0.3, 0.4) is 0 Å². The third-order valence-electron chi connectivity index (χ3n) is 3.47. The van der Waals surface area contributed by atoms with Crippen LogP contribution in [0.15, 0.2) is 36.4 Å². The van der Waals surface area contributed by atoms with Gasteiger partial charge in [0.1, 0.15) is 11.6 Å². The van der Waals surface area contributed by atoms with Crippen molar-refractivity contribution in [1.29, 1.82) is 0 Å². The van der Waals surface area contributed by atoms with Gasteiger partial charge >= 0.3 is 0 Å². The molecule has 4 nitrogen and oxygen atoms in total. The SMILES string of the molecule is CC.Cc1ccc(N2C(=O)c3ccccc3OC2(C)C)nc1F. The second kappa shape index (κ2) is 6.36. The molecule has 23 heavy (non-hydrogen) atoms. The molecular formula is C18H21FN2O2. The molecule has 0 aliphatic carbocycles. The second-order valence-electron chi connectivity index (χ2n) is 5.46. The van der Waals surface area contributed by atoms with E-state index in [-0.39, 0.29) is 11.7 Å². The van der Waals surface area contributed by atoms with E-state index in [1.165, 1.54) is 4.90 Å². The molecule has 0 atom stereocenters. The van der Waals surface area contributed by atoms with Crippen molar-refractivity contribution in [3.8, 4) is 5.75 Å². The van der Waals surface area contributed by atoms with Gasteiger partial charge in [0.2, 0.25) is 5.95 Å². The molecule has 1 aromatic carbocycles. The average Bonchev–Trinajstić information content (AvgIpc) is 2.52. The molecule has 1 aliphatic heterocycles. The predicted octanol–water partition coefficient (Wildman–Crippen LogP) is 4.33. The first-order chi connectivity index (χ1) is 10.9. The minimum atomic E-state index is -0.944. The molecule has 0 bridgehead atoms. The van der Waals surface area contributed by atoms with Gasteiger partial charge in [0.25, 0.3) is 5.91 Å². The maximum absolute atomic E-state index is 13.7. The molecule has 2 aromatic rings. The van der Waals surface area contributed by atoms with Crippen LogP contribution in [0.2, 0.25) is 0 Å². The molecule has 0 N–H and O–H groups in total. The maximum Gasteiger partial charge on any atom is 0.266 e. The van der Waals surface area contributed by atoms with E-state index in [4.69, 9.17) is 4.74 Å². The van der Waals surface area contributed by atoms with Crippen LogP contribution in [-0.2, 0) is 0 Å². The number of rotatable bonds is 1. The van der Waals surface area contributed by atoms with Crippen LogP contribution in [0.1, 0.15) is 43.6 Å². The number of nitrogens with zero attached hydrogens (tertiary/aromatic N) is 2. The van der Waals surface area contributed by atoms with E-state index in [2.05, 4.69) is 4.98 Å². The fourth-order valence-corrected chi connectivity index (χ4v) is 2.41. The molecule has 0 fully saturated rings. The van der Waals surface area contributed by atoms with Crippen LogP contribution in [-0.4, -0.2) is 16.6 Å². The normalized spacial score (nSPS) is 15.2. The van der Waals surface area contributed by atoms with Crippen molar-refractivity contribution in [2.75, 3.05) is 4.90 Å². The maximum atomic E-state index is 13.7. The third kappa shape index (κ3) is 3.04. The summed E-state index contributed by atoms with van der Waals surface area (Å²) in [5.41, 5.74) is -0.0675. The number of amides is 1. The van der Waals surface area contributed by atoms with Gasteiger partial charge < -0.3 is 4.74 Å². The van der Waals surface area contributed by atoms with Gasteiger partial charge in [0, 0.05) is 5.56 Å². The third-order valence-corrected chi connectivity index (χ3v) is 3.47. The van der Waals surface area contributed by atoms with Crippen molar-refractivity contribution < 1.29 is 13.9 Å². The molecule has 0 spiro atoms. The fraction of sp³-hybridized carbons (Fsp3) is 0.333. The number of aryl methyl sites for hydroxylation is 1. The molecule has 0 saturated carbocycles. The minimum absolute atomic E-state index is 0.239. The monoisotopic (exact) mass is 316 g/mol. The highest BCUT2D eigenvalue weighted by molar-refractivity contribution is 6.09. The lowest BCUT2D eigenvalue weighted by molar-refractivity contribution is 0.0630. The van der Waals surface area contributed by atoms with E-state index < -0.39 is 11.7 Å². The summed E-state index contributed by atoms with van der Waals surface area (Å²) in [6.45, 7) is 9.13. The number of anilines is 1. The summed E-state index contributed by atoms with van der Waals surface area (Å²) in [7, 11) is 0. The lowest BCUT2D eigenvalue weighted by Gasteiger charge is -2.41. The number of aromatic nitrogens is 1. The quantitative estimate of drug-likeness (QED) is 0.735. The highest BCUT2D eigenvalue weighted by atomic mass is 19.1. The van der Waals surface area contributed by atoms with Crippen molar-refractivity contribution in [3.05, 3.63) is 53.5 Å². The fourth-order valence-electron chi connectivity index (χ4n) is 2.41. The number of carbonyl (C=O) groups is 1. The minimum Gasteiger partial charge on any atom is -0.467 e. The molecule has 0 radical (unpaired) electrons. The topological polar surface area (TPSA) is 42.4 Å². The van der Waals surface area contributed by atoms with Crippen LogP contribution in [0.4, 0.5) is 10.2 Å². The Hall–Kier alpha value is -2.43. The Morgan fingerprint density at radius 1 is 1.13 bits per heavy atom. The van der Waals surface area contributed by atoms with Gasteiger partial charge in [-0.05, 0) is 39.0 Å². The van der Waals surface area contributed by atoms with Crippen LogP contribution < -0.4 is 9.64 Å². The summed E-state index contributed by atoms with van der Waals surface area (Å²) < 4.78 is 19.6. The predicted molar refractivity (Wildman–Crippen MR) is 88.2 cm³/mol. The van der Waals surface area contributed by atoms with Gasteiger partial charge in [0.05, 0.1) is 5.56 Å². The summed E-state index contributed by atoms with van der Waals surface area (Å²) in [6.07, 6.45) is 0. The number of carbonyl (C=O) groups excluding carboxylic acids is 1. The lowest BCUT2D eigenvalue weighted by Crippen LogP contribution is -2.55. The zero-order chi connectivity index (χ0) is 17.2. The van der Waals surface area contributed by atoms with E-state index in [9.17, 15) is 9.18 Å². The van der Waals surface area contributed by atoms with Gasteiger partial charge in [-0.3, -0.25) is 9.69 Å². The molecule has 0 saturated heterocycles. The number of halogens is 1. The van der Waals surface area contributed by atoms with Crippen molar-refractivity contribution in [2.24, 2.45) is 0 Å². The highest BCUT2D eigenvalue weighted by Gasteiger charge is 2.41. The molecule has 3 rings (SSSR count). The first-order valence-corrected chi connectivity index (χ1v) is 7.66. The van der Waals surface area contributed by atoms with Gasteiger partial charge in [-0.2, -0.15) is 4.39 Å². The Kier molecular flexibility index (Phi) is 4.68. The van der Waals surface area contributed by atoms with E-state index in [1.54, 1.807) is 51.1 Å². The number of pyridine rings is 1. The summed E-state index contributed by atoms with van der Waals surface area (Å²) in [5.74, 6) is -0.0773. The van der Waals surface area contributed by atoms with Crippen molar-refractivity contribution >= 4 is 11.7 Å². The van der Waals surface area contributed by atoms with Crippen LogP contribution >= 0.6 is 0 Å². The van der Waals surface area contributed by atoms with Gasteiger partial charge in [-0.15, -0.1) is 0 Å². The summed E-state index contributed by atoms with van der Waals surface area (Å²) >= 11 is 0. The molecule has 0 unspecified atom stereocenters. The van der Waals surface area contributed by atoms with Gasteiger partial charge in [-0.25, -0.2) is 4.98 Å². The van der Waals surface area contributed by atoms with E-state index in [0.29, 0.717) is 16.9 Å². The Labute approximate surface area is 135 Å². The Morgan fingerprint density at radius 3 is 2.43 bits per heavy atom. The Bertz CT molecular complexity index is 729. The van der Waals surface area contributed by atoms with Crippen molar-refractivity contribution in [2.45, 2.75) is 40.3 Å². The molecule has 122 valence electrons. The first-order valence-electron chi connectivity index (χ1n) is 7.66. The number of fused-ring (bicyclic) bond motifs is 1. The van der Waals surface area contributed by atoms with Gasteiger partial charge in [0.15, 0.2) is 5.72 Å². The summed E-state index contributed by atoms with van der Waals surface area (Å²) in [4.78, 5) is 18.0. The summed E-state index contributed by atoms with van der Waals surface area (Å²) in [6, 6.07) is 10.2. The molecule has 1 amide bonds. The molecule has 5 heteroatoms. The average molecular weight is 316 g/mol. The van der Waals surface area contributed by atoms with Crippen molar-refractivity contribution in [1.82, 2.24) is 4.98 Å². The lowest BCUT2D eigenvalue weighted by atomic mass is 10.1. The Balaban J connectivity index is 0.000000924. The van der Waals surface area contributed by atoms with E-state index in [1.807, 2.05) is 19.9 Å².